The number of ketones is 1. The molecule has 0 saturated heterocycles. The van der Waals surface area contributed by atoms with Crippen molar-refractivity contribution in [1.82, 2.24) is 0 Å². The summed E-state index contributed by atoms with van der Waals surface area (Å²) in [5, 5.41) is 21.0. The van der Waals surface area contributed by atoms with Gasteiger partial charge in [0.15, 0.2) is 0 Å². The second-order valence-corrected chi connectivity index (χ2v) is 9.28. The van der Waals surface area contributed by atoms with Gasteiger partial charge in [0.1, 0.15) is 5.78 Å². The lowest BCUT2D eigenvalue weighted by Crippen LogP contribution is -2.61. The van der Waals surface area contributed by atoms with E-state index in [1.807, 2.05) is 0 Å². The van der Waals surface area contributed by atoms with Crippen LogP contribution in [0.5, 0.6) is 0 Å². The Morgan fingerprint density at radius 1 is 1.14 bits per heavy atom. The number of rotatable bonds is 0. The summed E-state index contributed by atoms with van der Waals surface area (Å²) in [7, 11) is 0. The number of Topliss-reactive ketones (excluding diaryl/α,β-unsaturated/α-hetero) is 1. The van der Waals surface area contributed by atoms with Crippen molar-refractivity contribution in [2.45, 2.75) is 77.4 Å². The second kappa shape index (κ2) is 4.80. The van der Waals surface area contributed by atoms with Gasteiger partial charge >= 0.3 is 0 Å². The lowest BCUT2D eigenvalue weighted by Gasteiger charge is -2.60. The highest BCUT2D eigenvalue weighted by Gasteiger charge is 2.63. The van der Waals surface area contributed by atoms with E-state index in [0.29, 0.717) is 18.1 Å². The molecule has 3 nitrogen and oxygen atoms in total. The first-order valence-electron chi connectivity index (χ1n) is 9.24. The highest BCUT2D eigenvalue weighted by atomic mass is 16.3. The maximum Gasteiger partial charge on any atom is 0.136 e. The van der Waals surface area contributed by atoms with Gasteiger partial charge in [0.25, 0.3) is 0 Å². The summed E-state index contributed by atoms with van der Waals surface area (Å²) < 4.78 is 0. The lowest BCUT2D eigenvalue weighted by atomic mass is 9.44. The van der Waals surface area contributed by atoms with Gasteiger partial charge in [-0.3, -0.25) is 4.79 Å². The van der Waals surface area contributed by atoms with Crippen LogP contribution in [0.1, 0.15) is 65.2 Å². The van der Waals surface area contributed by atoms with Crippen LogP contribution in [0.3, 0.4) is 0 Å². The van der Waals surface area contributed by atoms with E-state index in [4.69, 9.17) is 0 Å². The van der Waals surface area contributed by atoms with Gasteiger partial charge in [-0.15, -0.1) is 0 Å². The normalized spacial score (nSPS) is 57.9. The van der Waals surface area contributed by atoms with E-state index < -0.39 is 0 Å². The number of carbonyl (C=O) groups excluding carboxylic acids is 1. The lowest BCUT2D eigenvalue weighted by molar-refractivity contribution is -0.181. The van der Waals surface area contributed by atoms with Crippen molar-refractivity contribution in [3.63, 3.8) is 0 Å². The molecule has 4 saturated carbocycles. The zero-order valence-electron chi connectivity index (χ0n) is 13.9. The Balaban J connectivity index is 1.73. The third-order valence-electron chi connectivity index (χ3n) is 8.15. The molecule has 4 fully saturated rings. The molecule has 4 aliphatic carbocycles. The van der Waals surface area contributed by atoms with Crippen molar-refractivity contribution in [2.75, 3.05) is 0 Å². The molecule has 3 heteroatoms. The molecule has 22 heavy (non-hydrogen) atoms. The molecule has 4 aliphatic rings. The monoisotopic (exact) mass is 306 g/mol. The van der Waals surface area contributed by atoms with Crippen LogP contribution in [0.25, 0.3) is 0 Å². The summed E-state index contributed by atoms with van der Waals surface area (Å²) in [4.78, 5) is 13.0. The molecule has 2 N–H and O–H groups in total. The van der Waals surface area contributed by atoms with Crippen LogP contribution in [-0.2, 0) is 4.79 Å². The van der Waals surface area contributed by atoms with Gasteiger partial charge in [-0.2, -0.15) is 0 Å². The smallest absolute Gasteiger partial charge is 0.136 e. The van der Waals surface area contributed by atoms with Gasteiger partial charge in [0.2, 0.25) is 0 Å². The number of hydrogen-bond donors (Lipinski definition) is 2. The Bertz CT molecular complexity index is 489. The largest absolute Gasteiger partial charge is 0.393 e. The van der Waals surface area contributed by atoms with Gasteiger partial charge < -0.3 is 10.2 Å². The van der Waals surface area contributed by atoms with Crippen LogP contribution in [0.2, 0.25) is 0 Å². The fourth-order valence-electron chi connectivity index (χ4n) is 7.03. The van der Waals surface area contributed by atoms with Crippen LogP contribution in [-0.4, -0.2) is 28.2 Å². The average Bonchev–Trinajstić information content (AvgIpc) is 2.81. The first kappa shape index (κ1) is 15.1. The summed E-state index contributed by atoms with van der Waals surface area (Å²) in [5.41, 5.74) is 0.217. The quantitative estimate of drug-likeness (QED) is 0.723. The van der Waals surface area contributed by atoms with Crippen molar-refractivity contribution >= 4 is 5.78 Å². The van der Waals surface area contributed by atoms with Gasteiger partial charge in [0.05, 0.1) is 12.2 Å². The minimum absolute atomic E-state index is 0.0428. The van der Waals surface area contributed by atoms with Gasteiger partial charge in [0, 0.05) is 18.3 Å². The van der Waals surface area contributed by atoms with E-state index in [0.717, 1.165) is 25.7 Å². The third kappa shape index (κ3) is 1.91. The molecule has 0 bridgehead atoms. The Hall–Kier alpha value is -0.410. The van der Waals surface area contributed by atoms with Crippen molar-refractivity contribution in [2.24, 2.45) is 34.5 Å². The minimum atomic E-state index is -0.337. The first-order valence-corrected chi connectivity index (χ1v) is 9.24. The molecule has 0 spiro atoms. The predicted octanol–water partition coefficient (Wildman–Crippen LogP) is 2.93. The molecule has 0 radical (unpaired) electrons. The highest BCUT2D eigenvalue weighted by molar-refractivity contribution is 5.83. The Labute approximate surface area is 133 Å². The number of fused-ring (bicyclic) bond motifs is 5. The summed E-state index contributed by atoms with van der Waals surface area (Å²) in [5.74, 6) is 1.34. The number of aliphatic hydroxyl groups is 2. The summed E-state index contributed by atoms with van der Waals surface area (Å²) in [6.45, 7) is 4.60. The van der Waals surface area contributed by atoms with Gasteiger partial charge in [-0.25, -0.2) is 0 Å². The average molecular weight is 306 g/mol. The van der Waals surface area contributed by atoms with E-state index in [1.165, 1.54) is 19.3 Å². The van der Waals surface area contributed by atoms with E-state index in [1.54, 1.807) is 0 Å². The van der Waals surface area contributed by atoms with Gasteiger partial charge in [-0.1, -0.05) is 20.3 Å². The molecule has 124 valence electrons. The summed E-state index contributed by atoms with van der Waals surface area (Å²) in [6.07, 6.45) is 7.02. The fourth-order valence-corrected chi connectivity index (χ4v) is 7.03. The zero-order valence-corrected chi connectivity index (χ0v) is 13.9. The molecule has 0 aliphatic heterocycles. The Kier molecular flexibility index (Phi) is 3.30. The SMILES string of the molecule is CC12CCCC1C1C(=O)CC3CC(O)CCC3(C)C1C(O)C2. The van der Waals surface area contributed by atoms with E-state index >= 15 is 0 Å². The van der Waals surface area contributed by atoms with Gasteiger partial charge in [-0.05, 0) is 61.2 Å². The highest BCUT2D eigenvalue weighted by Crippen LogP contribution is 2.65. The molecular formula is C19H30O3. The topological polar surface area (TPSA) is 57.5 Å². The molecular weight excluding hydrogens is 276 g/mol. The minimum Gasteiger partial charge on any atom is -0.393 e. The maximum atomic E-state index is 13.0. The molecule has 8 unspecified atom stereocenters. The molecule has 0 heterocycles. The second-order valence-electron chi connectivity index (χ2n) is 9.28. The number of hydrogen-bond acceptors (Lipinski definition) is 3. The Morgan fingerprint density at radius 3 is 2.68 bits per heavy atom. The Morgan fingerprint density at radius 2 is 1.91 bits per heavy atom. The third-order valence-corrected chi connectivity index (χ3v) is 8.15. The van der Waals surface area contributed by atoms with Crippen LogP contribution in [0.15, 0.2) is 0 Å². The van der Waals surface area contributed by atoms with Crippen molar-refractivity contribution in [3.8, 4) is 0 Å². The summed E-state index contributed by atoms with van der Waals surface area (Å²) in [6, 6.07) is 0. The standard InChI is InChI=1S/C19H30O3/c1-18-6-3-4-13(18)16-14(21)9-11-8-12(20)5-7-19(11,2)17(16)15(22)10-18/h11-13,15-17,20,22H,3-10H2,1-2H3. The van der Waals surface area contributed by atoms with Crippen LogP contribution in [0.4, 0.5) is 0 Å². The zero-order chi connectivity index (χ0) is 15.7. The first-order chi connectivity index (χ1) is 10.3. The number of carbonyl (C=O) groups is 1. The van der Waals surface area contributed by atoms with Crippen molar-refractivity contribution < 1.29 is 15.0 Å². The molecule has 8 atom stereocenters. The van der Waals surface area contributed by atoms with Crippen LogP contribution in [0, 0.1) is 34.5 Å². The van der Waals surface area contributed by atoms with E-state index in [2.05, 4.69) is 13.8 Å². The molecule has 0 amide bonds. The van der Waals surface area contributed by atoms with Crippen LogP contribution >= 0.6 is 0 Å². The molecule has 0 aromatic heterocycles. The predicted molar refractivity (Wildman–Crippen MR) is 84.1 cm³/mol. The summed E-state index contributed by atoms with van der Waals surface area (Å²) >= 11 is 0. The molecule has 4 rings (SSSR count). The van der Waals surface area contributed by atoms with E-state index in [-0.39, 0.29) is 40.8 Å². The molecule has 0 aromatic carbocycles. The van der Waals surface area contributed by atoms with Crippen molar-refractivity contribution in [3.05, 3.63) is 0 Å². The van der Waals surface area contributed by atoms with Crippen LogP contribution < -0.4 is 0 Å². The fraction of sp³-hybridized carbons (Fsp3) is 0.947. The van der Waals surface area contributed by atoms with E-state index in [9.17, 15) is 15.0 Å². The molecule has 0 aromatic rings. The maximum absolute atomic E-state index is 13.0. The van der Waals surface area contributed by atoms with Crippen molar-refractivity contribution in [1.29, 1.82) is 0 Å². The number of aliphatic hydroxyl groups excluding tert-OH is 2.